The van der Waals surface area contributed by atoms with Crippen LogP contribution in [0.5, 0.6) is 0 Å². The molecule has 118 valence electrons. The summed E-state index contributed by atoms with van der Waals surface area (Å²) < 4.78 is 10.7. The van der Waals surface area contributed by atoms with Crippen LogP contribution in [0.25, 0.3) is 0 Å². The molecule has 0 spiro atoms. The van der Waals surface area contributed by atoms with Crippen molar-refractivity contribution in [2.24, 2.45) is 0 Å². The molecular formula is C17H22N2O3. The van der Waals surface area contributed by atoms with E-state index in [0.29, 0.717) is 5.69 Å². The Balaban J connectivity index is 2.10. The zero-order chi connectivity index (χ0) is 16.2. The van der Waals surface area contributed by atoms with E-state index in [1.807, 2.05) is 24.3 Å². The van der Waals surface area contributed by atoms with Gasteiger partial charge in [0.25, 0.3) is 0 Å². The summed E-state index contributed by atoms with van der Waals surface area (Å²) in [7, 11) is 0. The predicted octanol–water partition coefficient (Wildman–Crippen LogP) is 2.86. The molecule has 22 heavy (non-hydrogen) atoms. The van der Waals surface area contributed by atoms with Gasteiger partial charge < -0.3 is 14.4 Å². The Bertz CT molecular complexity index is 549. The van der Waals surface area contributed by atoms with Gasteiger partial charge in [0.1, 0.15) is 5.60 Å². The van der Waals surface area contributed by atoms with Crippen molar-refractivity contribution in [3.05, 3.63) is 24.3 Å². The first-order valence-electron chi connectivity index (χ1n) is 7.33. The second-order valence-corrected chi connectivity index (χ2v) is 6.06. The van der Waals surface area contributed by atoms with Crippen LogP contribution in [-0.2, 0) is 9.47 Å². The summed E-state index contributed by atoms with van der Waals surface area (Å²) in [6.45, 7) is 8.62. The predicted molar refractivity (Wildman–Crippen MR) is 87.0 cm³/mol. The molecule has 1 fully saturated rings. The van der Waals surface area contributed by atoms with Gasteiger partial charge in [0, 0.05) is 24.8 Å². The van der Waals surface area contributed by atoms with E-state index in [4.69, 9.17) is 15.9 Å². The van der Waals surface area contributed by atoms with Crippen LogP contribution in [0, 0.1) is 12.5 Å². The molecule has 0 saturated carbocycles. The molecule has 1 aromatic carbocycles. The van der Waals surface area contributed by atoms with Crippen molar-refractivity contribution in [3.63, 3.8) is 0 Å². The molecule has 1 heterocycles. The minimum Gasteiger partial charge on any atom is -0.443 e. The molecule has 0 N–H and O–H groups in total. The van der Waals surface area contributed by atoms with E-state index in [2.05, 4.69) is 10.9 Å². The number of rotatable bonds is 2. The number of morpholine rings is 1. The standard InChI is InChI=1S/C17H22N2O3/c1-5-19(16(20)22-17(2,3)4)15-8-6-14(7-9-15)18-10-12-21-13-11-18/h1,6-9H,10-13H2,2-4H3. The van der Waals surface area contributed by atoms with Crippen LogP contribution in [0.1, 0.15) is 20.8 Å². The topological polar surface area (TPSA) is 42.0 Å². The number of carbonyl (C=O) groups excluding carboxylic acids is 1. The average molecular weight is 302 g/mol. The molecule has 1 aromatic rings. The van der Waals surface area contributed by atoms with Gasteiger partial charge in [-0.2, -0.15) is 0 Å². The molecule has 0 radical (unpaired) electrons. The Kier molecular flexibility index (Phi) is 4.94. The molecule has 0 unspecified atom stereocenters. The molecule has 0 aliphatic carbocycles. The Morgan fingerprint density at radius 1 is 1.27 bits per heavy atom. The second-order valence-electron chi connectivity index (χ2n) is 6.06. The van der Waals surface area contributed by atoms with Gasteiger partial charge in [-0.15, -0.1) is 0 Å². The van der Waals surface area contributed by atoms with Crippen LogP contribution in [0.15, 0.2) is 24.3 Å². The Morgan fingerprint density at radius 2 is 1.86 bits per heavy atom. The molecule has 1 amide bonds. The average Bonchev–Trinajstić information content (AvgIpc) is 2.48. The van der Waals surface area contributed by atoms with Gasteiger partial charge in [0.2, 0.25) is 0 Å². The summed E-state index contributed by atoms with van der Waals surface area (Å²) in [6.07, 6.45) is 4.91. The van der Waals surface area contributed by atoms with E-state index < -0.39 is 11.7 Å². The third kappa shape index (κ3) is 4.15. The lowest BCUT2D eigenvalue weighted by atomic mass is 10.2. The molecule has 5 heteroatoms. The highest BCUT2D eigenvalue weighted by Gasteiger charge is 2.22. The molecule has 1 saturated heterocycles. The number of benzene rings is 1. The summed E-state index contributed by atoms with van der Waals surface area (Å²) in [5.74, 6) is 0. The first-order chi connectivity index (χ1) is 10.4. The van der Waals surface area contributed by atoms with Crippen molar-refractivity contribution >= 4 is 17.5 Å². The summed E-state index contributed by atoms with van der Waals surface area (Å²) in [6, 6.07) is 9.93. The second kappa shape index (κ2) is 6.71. The highest BCUT2D eigenvalue weighted by molar-refractivity contribution is 5.91. The lowest BCUT2D eigenvalue weighted by Gasteiger charge is -2.29. The molecule has 0 aromatic heterocycles. The lowest BCUT2D eigenvalue weighted by molar-refractivity contribution is 0.0600. The van der Waals surface area contributed by atoms with Crippen molar-refractivity contribution in [3.8, 4) is 12.5 Å². The third-order valence-corrected chi connectivity index (χ3v) is 3.19. The Morgan fingerprint density at radius 3 is 2.36 bits per heavy atom. The van der Waals surface area contributed by atoms with Gasteiger partial charge in [-0.05, 0) is 45.0 Å². The Labute approximate surface area is 131 Å². The van der Waals surface area contributed by atoms with Gasteiger partial charge in [-0.1, -0.05) is 6.42 Å². The molecular weight excluding hydrogens is 280 g/mol. The molecule has 0 bridgehead atoms. The van der Waals surface area contributed by atoms with E-state index in [1.165, 1.54) is 4.90 Å². The van der Waals surface area contributed by atoms with Crippen molar-refractivity contribution in [1.29, 1.82) is 0 Å². The SMILES string of the molecule is C#CN(C(=O)OC(C)(C)C)c1ccc(N2CCOCC2)cc1. The van der Waals surface area contributed by atoms with Gasteiger partial charge in [0.15, 0.2) is 0 Å². The van der Waals surface area contributed by atoms with Gasteiger partial charge in [0.05, 0.1) is 18.9 Å². The fraction of sp³-hybridized carbons (Fsp3) is 0.471. The minimum absolute atomic E-state index is 0.547. The molecule has 1 aliphatic rings. The van der Waals surface area contributed by atoms with E-state index in [0.717, 1.165) is 32.0 Å². The maximum absolute atomic E-state index is 12.1. The molecule has 2 rings (SSSR count). The monoisotopic (exact) mass is 302 g/mol. The summed E-state index contributed by atoms with van der Waals surface area (Å²) in [5, 5.41) is 0. The highest BCUT2D eigenvalue weighted by Crippen LogP contribution is 2.23. The van der Waals surface area contributed by atoms with E-state index in [1.54, 1.807) is 20.8 Å². The lowest BCUT2D eigenvalue weighted by Crippen LogP contribution is -2.36. The Hall–Kier alpha value is -2.19. The van der Waals surface area contributed by atoms with Crippen molar-refractivity contribution in [2.45, 2.75) is 26.4 Å². The van der Waals surface area contributed by atoms with Crippen molar-refractivity contribution in [2.75, 3.05) is 36.1 Å². The third-order valence-electron chi connectivity index (χ3n) is 3.19. The summed E-state index contributed by atoms with van der Waals surface area (Å²) in [4.78, 5) is 15.5. The van der Waals surface area contributed by atoms with Gasteiger partial charge in [-0.25, -0.2) is 9.69 Å². The normalized spacial score (nSPS) is 15.1. The largest absolute Gasteiger partial charge is 0.443 e. The van der Waals surface area contributed by atoms with E-state index in [9.17, 15) is 4.79 Å². The van der Waals surface area contributed by atoms with Gasteiger partial charge in [-0.3, -0.25) is 0 Å². The van der Waals surface area contributed by atoms with Crippen LogP contribution in [0.2, 0.25) is 0 Å². The fourth-order valence-corrected chi connectivity index (χ4v) is 2.17. The van der Waals surface area contributed by atoms with Crippen molar-refractivity contribution < 1.29 is 14.3 Å². The number of terminal acetylenes is 1. The highest BCUT2D eigenvalue weighted by atomic mass is 16.6. The smallest absolute Gasteiger partial charge is 0.426 e. The zero-order valence-corrected chi connectivity index (χ0v) is 13.3. The van der Waals surface area contributed by atoms with E-state index >= 15 is 0 Å². The maximum Gasteiger partial charge on any atom is 0.426 e. The number of hydrogen-bond donors (Lipinski definition) is 0. The number of nitrogens with zero attached hydrogens (tertiary/aromatic N) is 2. The fourth-order valence-electron chi connectivity index (χ4n) is 2.17. The van der Waals surface area contributed by atoms with Gasteiger partial charge >= 0.3 is 6.09 Å². The van der Waals surface area contributed by atoms with E-state index in [-0.39, 0.29) is 0 Å². The van der Waals surface area contributed by atoms with Crippen LogP contribution in [-0.4, -0.2) is 38.0 Å². The first-order valence-corrected chi connectivity index (χ1v) is 7.33. The van der Waals surface area contributed by atoms with Crippen LogP contribution in [0.3, 0.4) is 0 Å². The number of anilines is 2. The van der Waals surface area contributed by atoms with Crippen LogP contribution in [0.4, 0.5) is 16.2 Å². The first kappa shape index (κ1) is 16.2. The number of hydrogen-bond acceptors (Lipinski definition) is 4. The molecule has 0 atom stereocenters. The molecule has 1 aliphatic heterocycles. The van der Waals surface area contributed by atoms with Crippen LogP contribution < -0.4 is 9.80 Å². The quantitative estimate of drug-likeness (QED) is 0.622. The van der Waals surface area contributed by atoms with Crippen LogP contribution >= 0.6 is 0 Å². The molecule has 5 nitrogen and oxygen atoms in total. The zero-order valence-electron chi connectivity index (χ0n) is 13.3. The number of carbonyl (C=O) groups is 1. The number of ether oxygens (including phenoxy) is 2. The van der Waals surface area contributed by atoms with Crippen molar-refractivity contribution in [1.82, 2.24) is 0 Å². The summed E-state index contributed by atoms with van der Waals surface area (Å²) in [5.41, 5.74) is 1.13. The summed E-state index contributed by atoms with van der Waals surface area (Å²) >= 11 is 0. The number of amides is 1. The minimum atomic E-state index is -0.583. The maximum atomic E-state index is 12.1.